The lowest BCUT2D eigenvalue weighted by molar-refractivity contribution is -0.124. The lowest BCUT2D eigenvalue weighted by Crippen LogP contribution is -2.36. The molecular weight excluding hydrogens is 361 g/mol. The van der Waals surface area contributed by atoms with E-state index in [0.29, 0.717) is 25.2 Å². The molecule has 0 saturated carbocycles. The van der Waals surface area contributed by atoms with Crippen molar-refractivity contribution in [1.82, 2.24) is 35.3 Å². The molecule has 1 unspecified atom stereocenters. The Labute approximate surface area is 162 Å². The first kappa shape index (κ1) is 19.7. The number of benzene rings is 1. The molecule has 1 N–H and O–H groups in total. The van der Waals surface area contributed by atoms with Crippen molar-refractivity contribution in [2.24, 2.45) is 7.05 Å². The molecular formula is C19H24FN7O. The van der Waals surface area contributed by atoms with Crippen LogP contribution in [0.3, 0.4) is 0 Å². The molecule has 0 aliphatic heterocycles. The van der Waals surface area contributed by atoms with Crippen LogP contribution in [-0.4, -0.2) is 42.4 Å². The van der Waals surface area contributed by atoms with Gasteiger partial charge in [-0.1, -0.05) is 12.1 Å². The quantitative estimate of drug-likeness (QED) is 0.667. The molecule has 0 bridgehead atoms. The summed E-state index contributed by atoms with van der Waals surface area (Å²) in [6.45, 7) is 6.20. The Morgan fingerprint density at radius 1 is 1.21 bits per heavy atom. The summed E-state index contributed by atoms with van der Waals surface area (Å²) < 4.78 is 16.5. The van der Waals surface area contributed by atoms with Gasteiger partial charge < -0.3 is 5.32 Å². The van der Waals surface area contributed by atoms with E-state index in [-0.39, 0.29) is 11.7 Å². The molecule has 2 aromatic heterocycles. The van der Waals surface area contributed by atoms with Gasteiger partial charge in [-0.25, -0.2) is 9.07 Å². The first-order valence-corrected chi connectivity index (χ1v) is 9.12. The number of amides is 1. The van der Waals surface area contributed by atoms with Crippen molar-refractivity contribution >= 4 is 5.91 Å². The van der Waals surface area contributed by atoms with Crippen LogP contribution in [0.4, 0.5) is 4.39 Å². The fraction of sp³-hybridized carbons (Fsp3) is 0.421. The molecule has 1 atom stereocenters. The standard InChI is InChI=1S/C19H24FN7O/c1-12-17(13(2)26(4)23-12)9-10-21-19(28)18(27-14(3)22-24-25-27)11-15-5-7-16(20)8-6-15/h5-8,18H,9-11H2,1-4H3,(H,21,28). The van der Waals surface area contributed by atoms with Crippen LogP contribution in [-0.2, 0) is 24.7 Å². The molecule has 0 aliphatic carbocycles. The van der Waals surface area contributed by atoms with E-state index < -0.39 is 6.04 Å². The number of hydrogen-bond donors (Lipinski definition) is 1. The molecule has 0 fully saturated rings. The number of carbonyl (C=O) groups is 1. The number of tetrazole rings is 1. The zero-order valence-electron chi connectivity index (χ0n) is 16.5. The molecule has 9 heteroatoms. The first-order chi connectivity index (χ1) is 13.4. The highest BCUT2D eigenvalue weighted by atomic mass is 19.1. The highest BCUT2D eigenvalue weighted by Gasteiger charge is 2.24. The third kappa shape index (κ3) is 4.24. The van der Waals surface area contributed by atoms with Gasteiger partial charge >= 0.3 is 0 Å². The Balaban J connectivity index is 1.71. The molecule has 3 aromatic rings. The van der Waals surface area contributed by atoms with Crippen LogP contribution in [0.25, 0.3) is 0 Å². The van der Waals surface area contributed by atoms with Gasteiger partial charge in [0.2, 0.25) is 5.91 Å². The van der Waals surface area contributed by atoms with E-state index in [2.05, 4.69) is 25.9 Å². The Kier molecular flexibility index (Phi) is 5.81. The van der Waals surface area contributed by atoms with E-state index in [0.717, 1.165) is 22.5 Å². The van der Waals surface area contributed by atoms with Crippen LogP contribution in [0.2, 0.25) is 0 Å². The molecule has 0 aliphatic rings. The number of nitrogens with zero attached hydrogens (tertiary/aromatic N) is 6. The summed E-state index contributed by atoms with van der Waals surface area (Å²) in [6.07, 6.45) is 1.05. The summed E-state index contributed by atoms with van der Waals surface area (Å²) in [5.41, 5.74) is 4.02. The Morgan fingerprint density at radius 2 is 1.93 bits per heavy atom. The van der Waals surface area contributed by atoms with Crippen molar-refractivity contribution < 1.29 is 9.18 Å². The fourth-order valence-electron chi connectivity index (χ4n) is 3.27. The van der Waals surface area contributed by atoms with E-state index >= 15 is 0 Å². The SMILES string of the molecule is Cc1nn(C)c(C)c1CCNC(=O)C(Cc1ccc(F)cc1)n1nnnc1C. The topological polar surface area (TPSA) is 90.5 Å². The van der Waals surface area contributed by atoms with Crippen molar-refractivity contribution in [2.45, 2.75) is 39.7 Å². The number of aromatic nitrogens is 6. The zero-order chi connectivity index (χ0) is 20.3. The molecule has 0 radical (unpaired) electrons. The van der Waals surface area contributed by atoms with Gasteiger partial charge in [-0.15, -0.1) is 5.10 Å². The second-order valence-corrected chi connectivity index (χ2v) is 6.83. The minimum atomic E-state index is -0.614. The normalized spacial score (nSPS) is 12.2. The molecule has 3 rings (SSSR count). The van der Waals surface area contributed by atoms with Crippen LogP contribution in [0.5, 0.6) is 0 Å². The van der Waals surface area contributed by atoms with Crippen molar-refractivity contribution in [3.63, 3.8) is 0 Å². The van der Waals surface area contributed by atoms with E-state index in [1.807, 2.05) is 25.6 Å². The third-order valence-electron chi connectivity index (χ3n) is 4.93. The van der Waals surface area contributed by atoms with Crippen LogP contribution >= 0.6 is 0 Å². The van der Waals surface area contributed by atoms with Crippen molar-refractivity contribution in [3.8, 4) is 0 Å². The summed E-state index contributed by atoms with van der Waals surface area (Å²) in [6, 6.07) is 5.47. The summed E-state index contributed by atoms with van der Waals surface area (Å²) in [7, 11) is 1.91. The monoisotopic (exact) mass is 385 g/mol. The number of hydrogen-bond acceptors (Lipinski definition) is 5. The number of rotatable bonds is 7. The molecule has 0 saturated heterocycles. The lowest BCUT2D eigenvalue weighted by Gasteiger charge is -2.17. The summed E-state index contributed by atoms with van der Waals surface area (Å²) in [5, 5.41) is 18.9. The maximum Gasteiger partial charge on any atom is 0.245 e. The largest absolute Gasteiger partial charge is 0.354 e. The smallest absolute Gasteiger partial charge is 0.245 e. The first-order valence-electron chi connectivity index (χ1n) is 9.12. The van der Waals surface area contributed by atoms with Gasteiger partial charge in [0.1, 0.15) is 17.7 Å². The Bertz CT molecular complexity index is 961. The predicted molar refractivity (Wildman–Crippen MR) is 101 cm³/mol. The van der Waals surface area contributed by atoms with Gasteiger partial charge in [-0.2, -0.15) is 5.10 Å². The molecule has 28 heavy (non-hydrogen) atoms. The number of nitrogens with one attached hydrogen (secondary N) is 1. The van der Waals surface area contributed by atoms with Crippen LogP contribution < -0.4 is 5.32 Å². The summed E-state index contributed by atoms with van der Waals surface area (Å²) in [4.78, 5) is 12.9. The van der Waals surface area contributed by atoms with Gasteiger partial charge in [0, 0.05) is 25.7 Å². The average molecular weight is 385 g/mol. The third-order valence-corrected chi connectivity index (χ3v) is 4.93. The fourth-order valence-corrected chi connectivity index (χ4v) is 3.27. The zero-order valence-corrected chi connectivity index (χ0v) is 16.5. The van der Waals surface area contributed by atoms with E-state index in [4.69, 9.17) is 0 Å². The van der Waals surface area contributed by atoms with Crippen LogP contribution in [0, 0.1) is 26.6 Å². The van der Waals surface area contributed by atoms with E-state index in [9.17, 15) is 9.18 Å². The minimum absolute atomic E-state index is 0.182. The van der Waals surface area contributed by atoms with Gasteiger partial charge in [0.25, 0.3) is 0 Å². The van der Waals surface area contributed by atoms with E-state index in [1.165, 1.54) is 16.8 Å². The maximum absolute atomic E-state index is 13.2. The van der Waals surface area contributed by atoms with Crippen molar-refractivity contribution in [1.29, 1.82) is 0 Å². The van der Waals surface area contributed by atoms with Crippen molar-refractivity contribution in [3.05, 3.63) is 58.4 Å². The van der Waals surface area contributed by atoms with Gasteiger partial charge in [-0.3, -0.25) is 9.48 Å². The van der Waals surface area contributed by atoms with Gasteiger partial charge in [-0.05, 0) is 60.9 Å². The van der Waals surface area contributed by atoms with Crippen LogP contribution in [0.1, 0.15) is 34.4 Å². The molecule has 1 amide bonds. The molecule has 0 spiro atoms. The van der Waals surface area contributed by atoms with Crippen molar-refractivity contribution in [2.75, 3.05) is 6.54 Å². The van der Waals surface area contributed by atoms with E-state index in [1.54, 1.807) is 19.1 Å². The highest BCUT2D eigenvalue weighted by Crippen LogP contribution is 2.16. The molecule has 148 valence electrons. The lowest BCUT2D eigenvalue weighted by atomic mass is 10.0. The predicted octanol–water partition coefficient (Wildman–Crippen LogP) is 1.61. The molecule has 2 heterocycles. The number of halogens is 1. The average Bonchev–Trinajstić information content (AvgIpc) is 3.18. The molecule has 8 nitrogen and oxygen atoms in total. The summed E-state index contributed by atoms with van der Waals surface area (Å²) in [5.74, 6) is 0.0469. The Hall–Kier alpha value is -3.10. The maximum atomic E-state index is 13.2. The number of aryl methyl sites for hydroxylation is 3. The van der Waals surface area contributed by atoms with Gasteiger partial charge in [0.15, 0.2) is 0 Å². The second-order valence-electron chi connectivity index (χ2n) is 6.83. The van der Waals surface area contributed by atoms with Crippen LogP contribution in [0.15, 0.2) is 24.3 Å². The second kappa shape index (κ2) is 8.28. The minimum Gasteiger partial charge on any atom is -0.354 e. The Morgan fingerprint density at radius 3 is 2.50 bits per heavy atom. The highest BCUT2D eigenvalue weighted by molar-refractivity contribution is 5.80. The summed E-state index contributed by atoms with van der Waals surface area (Å²) >= 11 is 0. The number of carbonyl (C=O) groups excluding carboxylic acids is 1. The van der Waals surface area contributed by atoms with Gasteiger partial charge in [0.05, 0.1) is 5.69 Å². The molecule has 1 aromatic carbocycles.